The van der Waals surface area contributed by atoms with Crippen LogP contribution in [0.4, 0.5) is 0 Å². The second-order valence-electron chi connectivity index (χ2n) is 3.57. The molecule has 80 valence electrons. The van der Waals surface area contributed by atoms with Gasteiger partial charge in [0.25, 0.3) is 0 Å². The first-order chi connectivity index (χ1) is 6.46. The van der Waals surface area contributed by atoms with Gasteiger partial charge in [-0.1, -0.05) is 0 Å². The van der Waals surface area contributed by atoms with Crippen molar-refractivity contribution in [2.24, 2.45) is 5.73 Å². The zero-order chi connectivity index (χ0) is 10.8. The number of aliphatic hydroxyl groups excluding tert-OH is 1. The van der Waals surface area contributed by atoms with Gasteiger partial charge < -0.3 is 21.3 Å². The lowest BCUT2D eigenvalue weighted by Gasteiger charge is -2.36. The minimum Gasteiger partial charge on any atom is -0.479 e. The zero-order valence-corrected chi connectivity index (χ0v) is 7.69. The van der Waals surface area contributed by atoms with Crippen LogP contribution in [0.3, 0.4) is 0 Å². The molecule has 1 amide bonds. The second kappa shape index (κ2) is 3.93. The van der Waals surface area contributed by atoms with Gasteiger partial charge in [-0.05, 0) is 19.3 Å². The van der Waals surface area contributed by atoms with E-state index < -0.39 is 17.6 Å². The Morgan fingerprint density at radius 1 is 1.50 bits per heavy atom. The monoisotopic (exact) mass is 202 g/mol. The number of carbonyl (C=O) groups is 2. The molecule has 0 aromatic heterocycles. The van der Waals surface area contributed by atoms with Crippen molar-refractivity contribution in [2.45, 2.75) is 30.9 Å². The molecule has 5 N–H and O–H groups in total. The number of carboxylic acid groups (broad SMARTS) is 1. The SMILES string of the molecule is NC1(C(=O)NCC(O)C(=O)O)CCC1. The van der Waals surface area contributed by atoms with Crippen LogP contribution in [0.15, 0.2) is 0 Å². The number of aliphatic carboxylic acids is 1. The van der Waals surface area contributed by atoms with Crippen LogP contribution in [0.1, 0.15) is 19.3 Å². The van der Waals surface area contributed by atoms with Crippen LogP contribution in [0.5, 0.6) is 0 Å². The summed E-state index contributed by atoms with van der Waals surface area (Å²) in [7, 11) is 0. The van der Waals surface area contributed by atoms with Crippen molar-refractivity contribution in [1.82, 2.24) is 5.32 Å². The molecule has 14 heavy (non-hydrogen) atoms. The van der Waals surface area contributed by atoms with Crippen molar-refractivity contribution in [3.8, 4) is 0 Å². The maximum atomic E-state index is 11.3. The molecule has 1 saturated carbocycles. The van der Waals surface area contributed by atoms with E-state index in [1.165, 1.54) is 0 Å². The molecule has 1 unspecified atom stereocenters. The quantitative estimate of drug-likeness (QED) is 0.440. The summed E-state index contributed by atoms with van der Waals surface area (Å²) in [5.41, 5.74) is 4.82. The van der Waals surface area contributed by atoms with Crippen LogP contribution < -0.4 is 11.1 Å². The molecule has 1 aliphatic rings. The lowest BCUT2D eigenvalue weighted by molar-refractivity contribution is -0.146. The van der Waals surface area contributed by atoms with Crippen LogP contribution in [-0.4, -0.2) is 40.3 Å². The third-order valence-electron chi connectivity index (χ3n) is 2.44. The number of amides is 1. The molecule has 1 aliphatic carbocycles. The van der Waals surface area contributed by atoms with Gasteiger partial charge in [0.2, 0.25) is 5.91 Å². The molecule has 1 rings (SSSR count). The standard InChI is InChI=1S/C8H14N2O4/c9-8(2-1-3-8)7(14)10-4-5(11)6(12)13/h5,11H,1-4,9H2,(H,10,14)(H,12,13). The van der Waals surface area contributed by atoms with Crippen molar-refractivity contribution < 1.29 is 19.8 Å². The average Bonchev–Trinajstić information content (AvgIpc) is 2.09. The highest BCUT2D eigenvalue weighted by Crippen LogP contribution is 2.28. The summed E-state index contributed by atoms with van der Waals surface area (Å²) in [6, 6.07) is 0. The van der Waals surface area contributed by atoms with Crippen molar-refractivity contribution in [3.05, 3.63) is 0 Å². The molecule has 0 bridgehead atoms. The molecule has 0 aromatic carbocycles. The molecule has 6 nitrogen and oxygen atoms in total. The summed E-state index contributed by atoms with van der Waals surface area (Å²) < 4.78 is 0. The molecule has 0 aromatic rings. The molecule has 0 heterocycles. The smallest absolute Gasteiger partial charge is 0.334 e. The maximum Gasteiger partial charge on any atom is 0.334 e. The van der Waals surface area contributed by atoms with E-state index in [0.29, 0.717) is 12.8 Å². The highest BCUT2D eigenvalue weighted by molar-refractivity contribution is 5.87. The molecule has 1 atom stereocenters. The van der Waals surface area contributed by atoms with E-state index in [-0.39, 0.29) is 12.5 Å². The largest absolute Gasteiger partial charge is 0.479 e. The van der Waals surface area contributed by atoms with Crippen LogP contribution >= 0.6 is 0 Å². The molecule has 0 spiro atoms. The Labute approximate surface area is 81.1 Å². The van der Waals surface area contributed by atoms with Gasteiger partial charge in [-0.25, -0.2) is 4.79 Å². The van der Waals surface area contributed by atoms with Crippen LogP contribution in [-0.2, 0) is 9.59 Å². The molecule has 6 heteroatoms. The summed E-state index contributed by atoms with van der Waals surface area (Å²) in [6.45, 7) is -0.298. The van der Waals surface area contributed by atoms with Gasteiger partial charge in [-0.2, -0.15) is 0 Å². The number of carbonyl (C=O) groups excluding carboxylic acids is 1. The molecular formula is C8H14N2O4. The van der Waals surface area contributed by atoms with E-state index in [2.05, 4.69) is 5.32 Å². The predicted octanol–water partition coefficient (Wildman–Crippen LogP) is -1.57. The van der Waals surface area contributed by atoms with Gasteiger partial charge in [0, 0.05) is 0 Å². The van der Waals surface area contributed by atoms with E-state index in [1.807, 2.05) is 0 Å². The maximum absolute atomic E-state index is 11.3. The Bertz CT molecular complexity index is 250. The van der Waals surface area contributed by atoms with Gasteiger partial charge in [-0.3, -0.25) is 4.79 Å². The number of nitrogens with one attached hydrogen (secondary N) is 1. The number of carboxylic acids is 1. The summed E-state index contributed by atoms with van der Waals surface area (Å²) in [5, 5.41) is 19.5. The molecule has 0 radical (unpaired) electrons. The summed E-state index contributed by atoms with van der Waals surface area (Å²) >= 11 is 0. The topological polar surface area (TPSA) is 113 Å². The fraction of sp³-hybridized carbons (Fsp3) is 0.750. The van der Waals surface area contributed by atoms with Crippen molar-refractivity contribution >= 4 is 11.9 Å². The Hall–Kier alpha value is -1.14. The summed E-state index contributed by atoms with van der Waals surface area (Å²) in [4.78, 5) is 21.5. The minimum atomic E-state index is -1.57. The lowest BCUT2D eigenvalue weighted by Crippen LogP contribution is -2.59. The molecule has 0 saturated heterocycles. The molecule has 0 aliphatic heterocycles. The van der Waals surface area contributed by atoms with Crippen LogP contribution in [0, 0.1) is 0 Å². The van der Waals surface area contributed by atoms with Crippen molar-refractivity contribution in [1.29, 1.82) is 0 Å². The number of nitrogens with two attached hydrogens (primary N) is 1. The fourth-order valence-corrected chi connectivity index (χ4v) is 1.24. The molecular weight excluding hydrogens is 188 g/mol. The Morgan fingerprint density at radius 3 is 2.43 bits per heavy atom. The second-order valence-corrected chi connectivity index (χ2v) is 3.57. The van der Waals surface area contributed by atoms with Crippen molar-refractivity contribution in [3.63, 3.8) is 0 Å². The minimum absolute atomic E-state index is 0.298. The van der Waals surface area contributed by atoms with Gasteiger partial charge in [0.1, 0.15) is 0 Å². The average molecular weight is 202 g/mol. The van der Waals surface area contributed by atoms with Crippen LogP contribution in [0.25, 0.3) is 0 Å². The highest BCUT2D eigenvalue weighted by Gasteiger charge is 2.40. The Balaban J connectivity index is 2.31. The van der Waals surface area contributed by atoms with Crippen molar-refractivity contribution in [2.75, 3.05) is 6.54 Å². The highest BCUT2D eigenvalue weighted by atomic mass is 16.4. The Morgan fingerprint density at radius 2 is 2.07 bits per heavy atom. The summed E-state index contributed by atoms with van der Waals surface area (Å²) in [5.74, 6) is -1.74. The third-order valence-corrected chi connectivity index (χ3v) is 2.44. The van der Waals surface area contributed by atoms with Crippen LogP contribution in [0.2, 0.25) is 0 Å². The number of hydrogen-bond donors (Lipinski definition) is 4. The van der Waals surface area contributed by atoms with E-state index in [1.54, 1.807) is 0 Å². The first kappa shape index (κ1) is 10.9. The predicted molar refractivity (Wildman–Crippen MR) is 47.4 cm³/mol. The Kier molecular flexibility index (Phi) is 3.07. The molecule has 1 fully saturated rings. The number of rotatable bonds is 4. The van der Waals surface area contributed by atoms with E-state index >= 15 is 0 Å². The van der Waals surface area contributed by atoms with Gasteiger partial charge in [-0.15, -0.1) is 0 Å². The fourth-order valence-electron chi connectivity index (χ4n) is 1.24. The third kappa shape index (κ3) is 2.21. The zero-order valence-electron chi connectivity index (χ0n) is 7.69. The number of hydrogen-bond acceptors (Lipinski definition) is 4. The van der Waals surface area contributed by atoms with Gasteiger partial charge in [0.05, 0.1) is 12.1 Å². The first-order valence-electron chi connectivity index (χ1n) is 4.44. The van der Waals surface area contributed by atoms with Gasteiger partial charge >= 0.3 is 5.97 Å². The van der Waals surface area contributed by atoms with E-state index in [4.69, 9.17) is 15.9 Å². The number of aliphatic hydroxyl groups is 1. The lowest BCUT2D eigenvalue weighted by atomic mass is 9.77. The normalized spacial score (nSPS) is 20.7. The summed E-state index contributed by atoms with van der Waals surface area (Å²) in [6.07, 6.45) is 0.567. The van der Waals surface area contributed by atoms with E-state index in [9.17, 15) is 9.59 Å². The first-order valence-corrected chi connectivity index (χ1v) is 4.44. The van der Waals surface area contributed by atoms with E-state index in [0.717, 1.165) is 6.42 Å². The van der Waals surface area contributed by atoms with Gasteiger partial charge in [0.15, 0.2) is 6.10 Å².